The van der Waals surface area contributed by atoms with Gasteiger partial charge in [-0.15, -0.1) is 4.72 Å². The van der Waals surface area contributed by atoms with Crippen molar-refractivity contribution in [2.45, 2.75) is 94.5 Å². The number of halogens is 3. The van der Waals surface area contributed by atoms with E-state index in [1.807, 2.05) is 0 Å². The van der Waals surface area contributed by atoms with E-state index >= 15 is 8.78 Å². The van der Waals surface area contributed by atoms with Crippen molar-refractivity contribution in [2.75, 3.05) is 19.0 Å². The molecule has 206 valence electrons. The van der Waals surface area contributed by atoms with E-state index in [9.17, 15) is 14.4 Å². The molecule has 12 heteroatoms. The molecular formula is C24H41BrF2N4O2S2Si. The van der Waals surface area contributed by atoms with E-state index in [-0.39, 0.29) is 11.4 Å². The largest absolute Gasteiger partial charge is 0.598 e. The third kappa shape index (κ3) is 5.98. The average molecular weight is 628 g/mol. The first-order valence-corrected chi connectivity index (χ1v) is 18.8. The molecule has 2 rings (SSSR count). The number of alkyl halides is 1. The molecule has 3 unspecified atom stereocenters. The van der Waals surface area contributed by atoms with Crippen LogP contribution in [0.25, 0.3) is 0 Å². The number of nitrogens with zero attached hydrogens (tertiary/aromatic N) is 2. The molecule has 0 bridgehead atoms. The summed E-state index contributed by atoms with van der Waals surface area (Å²) in [5.74, 6) is -0.954. The van der Waals surface area contributed by atoms with Gasteiger partial charge in [-0.1, -0.05) is 49.4 Å². The predicted molar refractivity (Wildman–Crippen MR) is 154 cm³/mol. The van der Waals surface area contributed by atoms with Gasteiger partial charge in [0.15, 0.2) is 0 Å². The number of pyridine rings is 1. The van der Waals surface area contributed by atoms with Crippen molar-refractivity contribution in [2.24, 2.45) is 0 Å². The molecular weight excluding hydrogens is 586 g/mol. The maximum Gasteiger partial charge on any atom is 0.147 e. The normalized spacial score (nSPS) is 27.5. The Morgan fingerprint density at radius 3 is 2.42 bits per heavy atom. The van der Waals surface area contributed by atoms with E-state index in [1.165, 1.54) is 0 Å². The fraction of sp³-hybridized carbons (Fsp3) is 0.750. The van der Waals surface area contributed by atoms with Crippen molar-refractivity contribution in [3.05, 3.63) is 22.2 Å². The summed E-state index contributed by atoms with van der Waals surface area (Å²) in [4.78, 5) is 4.42. The quantitative estimate of drug-likeness (QED) is 0.173. The van der Waals surface area contributed by atoms with Crippen LogP contribution in [0.1, 0.15) is 67.0 Å². The smallest absolute Gasteiger partial charge is 0.147 e. The van der Waals surface area contributed by atoms with Gasteiger partial charge in [-0.2, -0.15) is 5.26 Å². The Hall–Kier alpha value is -0.263. The summed E-state index contributed by atoms with van der Waals surface area (Å²) in [7, 11) is -5.26. The van der Waals surface area contributed by atoms with Crippen molar-refractivity contribution in [1.82, 2.24) is 14.4 Å². The molecule has 1 aromatic heterocycles. The summed E-state index contributed by atoms with van der Waals surface area (Å²) >= 11 is 1.61. The molecule has 1 fully saturated rings. The Morgan fingerprint density at radius 2 is 1.94 bits per heavy atom. The van der Waals surface area contributed by atoms with E-state index in [0.717, 1.165) is 18.1 Å². The zero-order valence-electron chi connectivity index (χ0n) is 22.4. The van der Waals surface area contributed by atoms with Crippen LogP contribution in [0, 0.1) is 17.1 Å². The van der Waals surface area contributed by atoms with Crippen molar-refractivity contribution < 1.29 is 17.9 Å². The average Bonchev–Trinajstić information content (AvgIpc) is 2.83. The summed E-state index contributed by atoms with van der Waals surface area (Å²) in [6, 6.07) is 6.34. The summed E-state index contributed by atoms with van der Waals surface area (Å²) in [5.41, 5.74) is -2.12. The van der Waals surface area contributed by atoms with Crippen molar-refractivity contribution in [3.8, 4) is 6.07 Å². The highest BCUT2D eigenvalue weighted by Crippen LogP contribution is 2.59. The van der Waals surface area contributed by atoms with Crippen LogP contribution in [0.5, 0.6) is 0 Å². The van der Waals surface area contributed by atoms with Crippen molar-refractivity contribution in [1.29, 1.82) is 5.26 Å². The van der Waals surface area contributed by atoms with Crippen LogP contribution >= 0.6 is 26.4 Å². The van der Waals surface area contributed by atoms with E-state index in [0.29, 0.717) is 29.2 Å². The highest BCUT2D eigenvalue weighted by molar-refractivity contribution is 9.10. The SMILES string of the molecule is CC[Si](CC)(CC)c1cc(Br)nc(C(CF)(CS2(O)NCCC[C@@]2(C)C#N)N[S+]([O-])C(C)(C)C)c1F. The maximum absolute atomic E-state index is 16.6. The van der Waals surface area contributed by atoms with Crippen molar-refractivity contribution in [3.63, 3.8) is 0 Å². The molecule has 36 heavy (non-hydrogen) atoms. The second-order valence-corrected chi connectivity index (χ2v) is 21.8. The first-order chi connectivity index (χ1) is 16.6. The molecule has 0 spiro atoms. The lowest BCUT2D eigenvalue weighted by Gasteiger charge is -2.52. The van der Waals surface area contributed by atoms with E-state index in [2.05, 4.69) is 57.2 Å². The van der Waals surface area contributed by atoms with Crippen LogP contribution < -0.4 is 14.6 Å². The zero-order valence-corrected chi connectivity index (χ0v) is 26.7. The summed E-state index contributed by atoms with van der Waals surface area (Å²) < 4.78 is 61.5. The van der Waals surface area contributed by atoms with Crippen molar-refractivity contribution >= 4 is 51.0 Å². The Kier molecular flexibility index (Phi) is 10.5. The van der Waals surface area contributed by atoms with Crippen LogP contribution in [0.3, 0.4) is 0 Å². The molecule has 4 atom stereocenters. The number of nitrogens with one attached hydrogen (secondary N) is 2. The van der Waals surface area contributed by atoms with E-state index in [1.54, 1.807) is 33.8 Å². The third-order valence-corrected chi connectivity index (χ3v) is 18.7. The molecule has 2 heterocycles. The first-order valence-electron chi connectivity index (χ1n) is 12.4. The second-order valence-electron chi connectivity index (χ2n) is 10.9. The van der Waals surface area contributed by atoms with E-state index in [4.69, 9.17) is 0 Å². The number of hydrogen-bond donors (Lipinski definition) is 3. The van der Waals surface area contributed by atoms with E-state index < -0.39 is 57.5 Å². The lowest BCUT2D eigenvalue weighted by atomic mass is 9.99. The number of rotatable bonds is 10. The number of nitriles is 1. The lowest BCUT2D eigenvalue weighted by Crippen LogP contribution is -2.60. The lowest BCUT2D eigenvalue weighted by molar-refractivity contribution is 0.288. The van der Waals surface area contributed by atoms with Gasteiger partial charge in [0.2, 0.25) is 0 Å². The second kappa shape index (κ2) is 11.9. The fourth-order valence-electron chi connectivity index (χ4n) is 4.82. The molecule has 6 nitrogen and oxygen atoms in total. The molecule has 0 aromatic carbocycles. The summed E-state index contributed by atoms with van der Waals surface area (Å²) in [6.45, 7) is 12.3. The van der Waals surface area contributed by atoms with Gasteiger partial charge in [0, 0.05) is 23.7 Å². The van der Waals surface area contributed by atoms with Gasteiger partial charge in [0.25, 0.3) is 0 Å². The minimum atomic E-state index is -2.99. The molecule has 1 aliphatic rings. The zero-order chi connectivity index (χ0) is 27.6. The molecule has 0 saturated carbocycles. The Labute approximate surface area is 229 Å². The molecule has 0 radical (unpaired) electrons. The van der Waals surface area contributed by atoms with Crippen LogP contribution in [-0.2, 0) is 16.9 Å². The topological polar surface area (TPSA) is 104 Å². The van der Waals surface area contributed by atoms with Gasteiger partial charge in [-0.25, -0.2) is 13.8 Å². The third-order valence-electron chi connectivity index (χ3n) is 7.66. The number of hydrogen-bond acceptors (Lipinski definition) is 6. The minimum absolute atomic E-state index is 0.201. The Bertz CT molecular complexity index is 970. The standard InChI is InChI=1S/C24H41BrF2N4O2S2Si/c1-8-36(9-2,10-3)18-14-19(25)30-21(20(18)27)24(15-26,31-34(32)22(4,5)6)17-35(33)23(7,16-28)12-11-13-29-35/h14,29,31,33H,8-13,15,17H2,1-7H3/t23-,24?,34?/m0/s1. The molecule has 3 N–H and O–H groups in total. The Balaban J connectivity index is 2.86. The fourth-order valence-corrected chi connectivity index (χ4v) is 12.9. The monoisotopic (exact) mass is 626 g/mol. The van der Waals surface area contributed by atoms with Gasteiger partial charge in [0.05, 0.1) is 14.1 Å². The highest BCUT2D eigenvalue weighted by atomic mass is 79.9. The van der Waals surface area contributed by atoms with Crippen LogP contribution in [0.2, 0.25) is 18.1 Å². The van der Waals surface area contributed by atoms with Gasteiger partial charge in [-0.05, 0) is 67.7 Å². The van der Waals surface area contributed by atoms with Crippen LogP contribution in [0.15, 0.2) is 10.7 Å². The summed E-state index contributed by atoms with van der Waals surface area (Å²) in [5, 5.41) is 10.5. The molecule has 1 aromatic rings. The van der Waals surface area contributed by atoms with Gasteiger partial charge >= 0.3 is 0 Å². The first kappa shape index (κ1) is 32.0. The van der Waals surface area contributed by atoms with Crippen LogP contribution in [0.4, 0.5) is 8.78 Å². The van der Waals surface area contributed by atoms with Gasteiger partial charge < -0.3 is 9.11 Å². The van der Waals surface area contributed by atoms with Crippen LogP contribution in [-0.4, -0.2) is 50.6 Å². The number of aromatic nitrogens is 1. The van der Waals surface area contributed by atoms with Gasteiger partial charge in [0.1, 0.15) is 37.8 Å². The Morgan fingerprint density at radius 1 is 1.36 bits per heavy atom. The van der Waals surface area contributed by atoms with Gasteiger partial charge in [-0.3, -0.25) is 4.72 Å². The minimum Gasteiger partial charge on any atom is -0.598 e. The predicted octanol–water partition coefficient (Wildman–Crippen LogP) is 5.77. The molecule has 0 aliphatic carbocycles. The molecule has 1 aliphatic heterocycles. The molecule has 1 saturated heterocycles. The highest BCUT2D eigenvalue weighted by Gasteiger charge is 2.55. The maximum atomic E-state index is 16.6. The molecule has 0 amide bonds. The summed E-state index contributed by atoms with van der Waals surface area (Å²) in [6.07, 6.45) is 1.10.